The topological polar surface area (TPSA) is 72.2 Å². The number of amides is 1. The summed E-state index contributed by atoms with van der Waals surface area (Å²) in [6.07, 6.45) is 3.30. The minimum absolute atomic E-state index is 0.190. The van der Waals surface area contributed by atoms with Crippen LogP contribution in [0.1, 0.15) is 0 Å². The molecule has 29 heavy (non-hydrogen) atoms. The van der Waals surface area contributed by atoms with Crippen molar-refractivity contribution in [2.45, 2.75) is 5.16 Å². The highest BCUT2D eigenvalue weighted by atomic mass is 32.2. The molecule has 144 valence electrons. The van der Waals surface area contributed by atoms with E-state index in [9.17, 15) is 4.79 Å². The van der Waals surface area contributed by atoms with Gasteiger partial charge >= 0.3 is 0 Å². The maximum absolute atomic E-state index is 12.2. The van der Waals surface area contributed by atoms with Gasteiger partial charge in [0.1, 0.15) is 0 Å². The summed E-state index contributed by atoms with van der Waals surface area (Å²) in [6.45, 7) is 0. The van der Waals surface area contributed by atoms with Gasteiger partial charge in [0.15, 0.2) is 5.16 Å². The molecule has 0 fully saturated rings. The van der Waals surface area contributed by atoms with Gasteiger partial charge in [-0.15, -0.1) is 16.4 Å². The first-order valence-corrected chi connectivity index (χ1v) is 10.7. The van der Waals surface area contributed by atoms with Gasteiger partial charge in [0.2, 0.25) is 4.80 Å². The Morgan fingerprint density at radius 2 is 1.69 bits per heavy atom. The van der Waals surface area contributed by atoms with Crippen LogP contribution in [0.4, 0.5) is 0 Å². The highest BCUT2D eigenvalue weighted by Gasteiger charge is 2.10. The van der Waals surface area contributed by atoms with Crippen LogP contribution >= 0.6 is 23.1 Å². The van der Waals surface area contributed by atoms with Crippen molar-refractivity contribution in [3.63, 3.8) is 0 Å². The largest absolute Gasteiger partial charge is 0.284 e. The van der Waals surface area contributed by atoms with E-state index in [1.54, 1.807) is 18.5 Å². The number of thioether (sulfide) groups is 1. The third-order valence-electron chi connectivity index (χ3n) is 3.94. The summed E-state index contributed by atoms with van der Waals surface area (Å²) in [7, 11) is 0. The van der Waals surface area contributed by atoms with Crippen molar-refractivity contribution in [1.29, 1.82) is 0 Å². The van der Waals surface area contributed by atoms with Crippen molar-refractivity contribution in [1.82, 2.24) is 20.0 Å². The molecular formula is C21H17N5OS2. The molecule has 8 heteroatoms. The third kappa shape index (κ3) is 4.79. The lowest BCUT2D eigenvalue weighted by Crippen LogP contribution is -2.25. The van der Waals surface area contributed by atoms with Crippen molar-refractivity contribution in [2.24, 2.45) is 5.10 Å². The Labute approximate surface area is 176 Å². The van der Waals surface area contributed by atoms with E-state index in [1.165, 1.54) is 23.1 Å². The Balaban J connectivity index is 1.60. The number of benzene rings is 2. The third-order valence-corrected chi connectivity index (χ3v) is 5.64. The number of carbonyl (C=O) groups is 1. The number of nitrogens with one attached hydrogen (secondary N) is 1. The summed E-state index contributed by atoms with van der Waals surface area (Å²) in [6, 6.07) is 21.8. The highest BCUT2D eigenvalue weighted by Crippen LogP contribution is 2.23. The molecule has 1 N–H and O–H groups in total. The summed E-state index contributed by atoms with van der Waals surface area (Å²) in [5.74, 6) is -0.0211. The monoisotopic (exact) mass is 419 g/mol. The lowest BCUT2D eigenvalue weighted by molar-refractivity contribution is -0.118. The molecule has 0 saturated carbocycles. The van der Waals surface area contributed by atoms with Gasteiger partial charge in [0, 0.05) is 23.5 Å². The first-order valence-electron chi connectivity index (χ1n) is 8.85. The normalized spacial score (nSPS) is 11.4. The second kappa shape index (κ2) is 9.31. The van der Waals surface area contributed by atoms with Crippen LogP contribution in [-0.2, 0) is 4.79 Å². The van der Waals surface area contributed by atoms with Crippen molar-refractivity contribution in [2.75, 3.05) is 5.75 Å². The number of hydrogen-bond donors (Lipinski definition) is 1. The number of rotatable bonds is 6. The second-order valence-corrected chi connectivity index (χ2v) is 7.69. The molecule has 6 nitrogen and oxygen atoms in total. The summed E-state index contributed by atoms with van der Waals surface area (Å²) in [5.41, 5.74) is 5.72. The minimum atomic E-state index is -0.211. The molecule has 2 heterocycles. The molecule has 0 aliphatic heterocycles. The molecule has 2 aromatic carbocycles. The molecule has 0 spiro atoms. The Morgan fingerprint density at radius 1 is 1.00 bits per heavy atom. The van der Waals surface area contributed by atoms with Crippen LogP contribution in [0.3, 0.4) is 0 Å². The molecule has 0 atom stereocenters. The number of carbonyl (C=O) groups excluding carboxylic acids is 1. The average Bonchev–Trinajstić information content (AvgIpc) is 3.22. The Kier molecular flexibility index (Phi) is 6.13. The number of hydrogen-bond acceptors (Lipinski definition) is 6. The fraction of sp³-hybridized carbons (Fsp3) is 0.0476. The molecule has 1 amide bonds. The van der Waals surface area contributed by atoms with Crippen LogP contribution in [0.15, 0.2) is 94.8 Å². The van der Waals surface area contributed by atoms with Gasteiger partial charge in [-0.2, -0.15) is 0 Å². The minimum Gasteiger partial charge on any atom is -0.284 e. The van der Waals surface area contributed by atoms with Gasteiger partial charge in [-0.25, -0.2) is 15.4 Å². The van der Waals surface area contributed by atoms with Gasteiger partial charge in [-0.05, 0) is 23.8 Å². The molecule has 0 saturated heterocycles. The summed E-state index contributed by atoms with van der Waals surface area (Å²) < 4.78 is 2.04. The lowest BCUT2D eigenvalue weighted by atomic mass is 10.1. The van der Waals surface area contributed by atoms with E-state index in [1.807, 2.05) is 58.5 Å². The predicted molar refractivity (Wildman–Crippen MR) is 116 cm³/mol. The van der Waals surface area contributed by atoms with Gasteiger partial charge in [-0.1, -0.05) is 60.3 Å². The molecule has 2 aromatic heterocycles. The van der Waals surface area contributed by atoms with Crippen molar-refractivity contribution in [3.8, 4) is 16.9 Å². The molecule has 0 aliphatic carbocycles. The van der Waals surface area contributed by atoms with Crippen LogP contribution < -0.4 is 10.2 Å². The summed E-state index contributed by atoms with van der Waals surface area (Å²) >= 11 is 2.74. The van der Waals surface area contributed by atoms with Crippen LogP contribution in [0, 0.1) is 0 Å². The summed E-state index contributed by atoms with van der Waals surface area (Å²) in [5, 5.41) is 6.97. The van der Waals surface area contributed by atoms with E-state index in [4.69, 9.17) is 0 Å². The van der Waals surface area contributed by atoms with Crippen LogP contribution in [-0.4, -0.2) is 26.2 Å². The first kappa shape index (κ1) is 19.1. The molecule has 4 aromatic rings. The van der Waals surface area contributed by atoms with Crippen LogP contribution in [0.25, 0.3) is 16.9 Å². The molecule has 0 radical (unpaired) electrons. The Hall–Kier alpha value is -3.23. The Bertz CT molecular complexity index is 1140. The zero-order valence-electron chi connectivity index (χ0n) is 15.3. The summed E-state index contributed by atoms with van der Waals surface area (Å²) in [4.78, 5) is 21.1. The van der Waals surface area contributed by atoms with Gasteiger partial charge in [0.25, 0.3) is 5.91 Å². The average molecular weight is 420 g/mol. The number of nitrogens with zero attached hydrogens (tertiary/aromatic N) is 4. The Morgan fingerprint density at radius 3 is 2.41 bits per heavy atom. The number of aromatic nitrogens is 3. The molecule has 4 rings (SSSR count). The maximum Gasteiger partial charge on any atom is 0.250 e. The molecule has 0 aliphatic rings. The van der Waals surface area contributed by atoms with Gasteiger partial charge < -0.3 is 0 Å². The van der Waals surface area contributed by atoms with Crippen molar-refractivity contribution >= 4 is 29.0 Å². The predicted octanol–water partition coefficient (Wildman–Crippen LogP) is 3.72. The maximum atomic E-state index is 12.2. The standard InChI is InChI=1S/C21H17N5OS2/c27-19(15-28-20-22-12-7-13-23-20)24-25-21-26(17-10-5-2-6-11-17)18(14-29-21)16-8-3-1-4-9-16/h1-14H,15H2,(H,24,27)/b25-21+. The van der Waals surface area contributed by atoms with E-state index < -0.39 is 0 Å². The zero-order chi connectivity index (χ0) is 19.9. The number of para-hydroxylation sites is 1. The fourth-order valence-electron chi connectivity index (χ4n) is 2.66. The van der Waals surface area contributed by atoms with Crippen LogP contribution in [0.5, 0.6) is 0 Å². The number of thiazole rings is 1. The first-order chi connectivity index (χ1) is 14.3. The molecule has 0 bridgehead atoms. The van der Waals surface area contributed by atoms with Crippen molar-refractivity contribution in [3.05, 3.63) is 89.3 Å². The molecular weight excluding hydrogens is 402 g/mol. The highest BCUT2D eigenvalue weighted by molar-refractivity contribution is 7.99. The second-order valence-electron chi connectivity index (χ2n) is 5.91. The van der Waals surface area contributed by atoms with Gasteiger partial charge in [0.05, 0.1) is 11.4 Å². The SMILES string of the molecule is O=C(CSc1ncccn1)N/N=c1/scc(-c2ccccc2)n1-c1ccccc1. The smallest absolute Gasteiger partial charge is 0.250 e. The van der Waals surface area contributed by atoms with Gasteiger partial charge in [-0.3, -0.25) is 9.36 Å². The van der Waals surface area contributed by atoms with E-state index >= 15 is 0 Å². The van der Waals surface area contributed by atoms with E-state index in [-0.39, 0.29) is 11.7 Å². The fourth-order valence-corrected chi connectivity index (χ4v) is 4.12. The van der Waals surface area contributed by atoms with Crippen molar-refractivity contribution < 1.29 is 4.79 Å². The van der Waals surface area contributed by atoms with Crippen LogP contribution in [0.2, 0.25) is 0 Å². The zero-order valence-corrected chi connectivity index (χ0v) is 16.9. The van der Waals surface area contributed by atoms with E-state index in [0.29, 0.717) is 9.96 Å². The van der Waals surface area contributed by atoms with E-state index in [0.717, 1.165) is 16.9 Å². The van der Waals surface area contributed by atoms with E-state index in [2.05, 4.69) is 32.6 Å². The molecule has 0 unspecified atom stereocenters. The lowest BCUT2D eigenvalue weighted by Gasteiger charge is -2.09. The quantitative estimate of drug-likeness (QED) is 0.294.